The summed E-state index contributed by atoms with van der Waals surface area (Å²) in [5, 5.41) is 15.5. The molecular formula is C18H25N5O3. The number of amides is 1. The van der Waals surface area contributed by atoms with Gasteiger partial charge in [0, 0.05) is 7.11 Å². The Morgan fingerprint density at radius 3 is 2.73 bits per heavy atom. The third-order valence-electron chi connectivity index (χ3n) is 4.99. The van der Waals surface area contributed by atoms with Gasteiger partial charge in [-0.25, -0.2) is 0 Å². The zero-order valence-electron chi connectivity index (χ0n) is 15.4. The molecule has 1 fully saturated rings. The molecule has 0 radical (unpaired) electrons. The third-order valence-corrected chi connectivity index (χ3v) is 4.99. The molecule has 1 heterocycles. The van der Waals surface area contributed by atoms with Gasteiger partial charge in [-0.15, -0.1) is 5.10 Å². The number of carbonyl (C=O) groups is 1. The number of methoxy groups -OCH3 is 2. The molecule has 8 nitrogen and oxygen atoms in total. The lowest BCUT2D eigenvalue weighted by Gasteiger charge is -2.38. The van der Waals surface area contributed by atoms with Crippen LogP contribution in [0.2, 0.25) is 0 Å². The lowest BCUT2D eigenvalue weighted by atomic mass is 9.76. The maximum absolute atomic E-state index is 12.3. The van der Waals surface area contributed by atoms with Crippen molar-refractivity contribution < 1.29 is 14.3 Å². The Morgan fingerprint density at radius 2 is 2.04 bits per heavy atom. The Bertz CT molecular complexity index is 753. The Balaban J connectivity index is 2.03. The van der Waals surface area contributed by atoms with E-state index in [9.17, 15) is 4.79 Å². The minimum absolute atomic E-state index is 0.00747. The highest BCUT2D eigenvalue weighted by Gasteiger charge is 2.42. The van der Waals surface area contributed by atoms with E-state index in [1.807, 2.05) is 24.3 Å². The van der Waals surface area contributed by atoms with Crippen molar-refractivity contribution in [3.8, 4) is 11.4 Å². The normalized spacial score (nSPS) is 22.8. The van der Waals surface area contributed by atoms with Crippen molar-refractivity contribution in [2.45, 2.75) is 38.1 Å². The summed E-state index contributed by atoms with van der Waals surface area (Å²) in [6, 6.07) is 7.56. The number of hydrogen-bond acceptors (Lipinski definition) is 6. The molecule has 0 spiro atoms. The van der Waals surface area contributed by atoms with Crippen LogP contribution in [0.3, 0.4) is 0 Å². The third kappa shape index (κ3) is 3.55. The van der Waals surface area contributed by atoms with Gasteiger partial charge in [0.1, 0.15) is 23.6 Å². The molecule has 1 N–H and O–H groups in total. The lowest BCUT2D eigenvalue weighted by molar-refractivity contribution is -0.127. The number of tetrazole rings is 1. The number of benzene rings is 1. The van der Waals surface area contributed by atoms with E-state index in [1.54, 1.807) is 11.8 Å². The van der Waals surface area contributed by atoms with Crippen LogP contribution in [0.4, 0.5) is 0 Å². The quantitative estimate of drug-likeness (QED) is 0.846. The number of para-hydroxylation sites is 2. The van der Waals surface area contributed by atoms with Crippen molar-refractivity contribution in [1.82, 2.24) is 25.5 Å². The Morgan fingerprint density at radius 1 is 1.31 bits per heavy atom. The summed E-state index contributed by atoms with van der Waals surface area (Å²) in [6.07, 6.45) is 3.54. The molecule has 2 aromatic rings. The average molecular weight is 359 g/mol. The van der Waals surface area contributed by atoms with Gasteiger partial charge in [-0.3, -0.25) is 4.79 Å². The largest absolute Gasteiger partial charge is 0.494 e. The topological polar surface area (TPSA) is 91.2 Å². The molecule has 0 atom stereocenters. The van der Waals surface area contributed by atoms with Crippen molar-refractivity contribution >= 4 is 5.91 Å². The summed E-state index contributed by atoms with van der Waals surface area (Å²) in [4.78, 5) is 12.3. The molecular weight excluding hydrogens is 334 g/mol. The number of nitrogens with one attached hydrogen (secondary N) is 1. The van der Waals surface area contributed by atoms with E-state index in [0.29, 0.717) is 17.5 Å². The van der Waals surface area contributed by atoms with E-state index in [1.165, 1.54) is 7.11 Å². The van der Waals surface area contributed by atoms with Crippen molar-refractivity contribution in [3.63, 3.8) is 0 Å². The molecule has 0 saturated heterocycles. The first-order valence-corrected chi connectivity index (χ1v) is 8.82. The fourth-order valence-corrected chi connectivity index (χ4v) is 3.55. The molecule has 3 rings (SSSR count). The zero-order valence-corrected chi connectivity index (χ0v) is 15.4. The highest BCUT2D eigenvalue weighted by molar-refractivity contribution is 5.78. The van der Waals surface area contributed by atoms with Gasteiger partial charge in [0.05, 0.1) is 7.11 Å². The molecule has 1 amide bonds. The van der Waals surface area contributed by atoms with Gasteiger partial charge in [0.15, 0.2) is 5.82 Å². The van der Waals surface area contributed by atoms with E-state index < -0.39 is 5.54 Å². The van der Waals surface area contributed by atoms with Gasteiger partial charge >= 0.3 is 0 Å². The van der Waals surface area contributed by atoms with Gasteiger partial charge in [-0.1, -0.05) is 19.1 Å². The first-order chi connectivity index (χ1) is 12.6. The fraction of sp³-hybridized carbons (Fsp3) is 0.556. The SMILES string of the molecule is COCC(=O)NC1(c2nnnn2-c2ccccc2OC)CCC(C)CC1. The van der Waals surface area contributed by atoms with Crippen molar-refractivity contribution in [2.24, 2.45) is 5.92 Å². The van der Waals surface area contributed by atoms with Crippen LogP contribution < -0.4 is 10.1 Å². The number of hydrogen-bond donors (Lipinski definition) is 1. The Kier molecular flexibility index (Phi) is 5.51. The molecule has 8 heteroatoms. The van der Waals surface area contributed by atoms with E-state index in [0.717, 1.165) is 31.4 Å². The van der Waals surface area contributed by atoms with Gasteiger partial charge < -0.3 is 14.8 Å². The van der Waals surface area contributed by atoms with Gasteiger partial charge in [-0.05, 0) is 54.2 Å². The number of aromatic nitrogens is 4. The van der Waals surface area contributed by atoms with E-state index in [2.05, 4.69) is 27.8 Å². The predicted octanol–water partition coefficient (Wildman–Crippen LogP) is 1.84. The first-order valence-electron chi connectivity index (χ1n) is 8.82. The van der Waals surface area contributed by atoms with Crippen LogP contribution in [-0.2, 0) is 15.1 Å². The number of nitrogens with zero attached hydrogens (tertiary/aromatic N) is 4. The van der Waals surface area contributed by atoms with Gasteiger partial charge in [0.25, 0.3) is 0 Å². The van der Waals surface area contributed by atoms with Crippen molar-refractivity contribution in [1.29, 1.82) is 0 Å². The molecule has 0 aliphatic heterocycles. The van der Waals surface area contributed by atoms with Crippen LogP contribution in [0.5, 0.6) is 5.75 Å². The summed E-state index contributed by atoms with van der Waals surface area (Å²) >= 11 is 0. The van der Waals surface area contributed by atoms with Crippen LogP contribution in [-0.4, -0.2) is 46.9 Å². The zero-order chi connectivity index (χ0) is 18.6. The molecule has 140 valence electrons. The minimum atomic E-state index is -0.619. The molecule has 1 aromatic heterocycles. The molecule has 1 aliphatic rings. The fourth-order valence-electron chi connectivity index (χ4n) is 3.55. The molecule has 1 aliphatic carbocycles. The molecule has 0 unspecified atom stereocenters. The van der Waals surface area contributed by atoms with Crippen LogP contribution in [0.25, 0.3) is 5.69 Å². The molecule has 26 heavy (non-hydrogen) atoms. The van der Waals surface area contributed by atoms with Crippen molar-refractivity contribution in [2.75, 3.05) is 20.8 Å². The molecule has 1 aromatic carbocycles. The average Bonchev–Trinajstić information content (AvgIpc) is 3.14. The maximum atomic E-state index is 12.3. The summed E-state index contributed by atoms with van der Waals surface area (Å²) in [5.41, 5.74) is 0.126. The van der Waals surface area contributed by atoms with Gasteiger partial charge in [0.2, 0.25) is 5.91 Å². The summed E-state index contributed by atoms with van der Waals surface area (Å²) in [5.74, 6) is 1.73. The smallest absolute Gasteiger partial charge is 0.246 e. The van der Waals surface area contributed by atoms with E-state index >= 15 is 0 Å². The number of rotatable bonds is 6. The summed E-state index contributed by atoms with van der Waals surface area (Å²) in [7, 11) is 3.12. The monoisotopic (exact) mass is 359 g/mol. The summed E-state index contributed by atoms with van der Waals surface area (Å²) in [6.45, 7) is 2.23. The minimum Gasteiger partial charge on any atom is -0.494 e. The van der Waals surface area contributed by atoms with Crippen molar-refractivity contribution in [3.05, 3.63) is 30.1 Å². The Hall–Kier alpha value is -2.48. The predicted molar refractivity (Wildman–Crippen MR) is 95.0 cm³/mol. The van der Waals surface area contributed by atoms with E-state index in [-0.39, 0.29) is 12.5 Å². The Labute approximate surface area is 152 Å². The number of ether oxygens (including phenoxy) is 2. The summed E-state index contributed by atoms with van der Waals surface area (Å²) < 4.78 is 12.1. The maximum Gasteiger partial charge on any atom is 0.246 e. The highest BCUT2D eigenvalue weighted by atomic mass is 16.5. The second-order valence-corrected chi connectivity index (χ2v) is 6.83. The second-order valence-electron chi connectivity index (χ2n) is 6.83. The second kappa shape index (κ2) is 7.82. The highest BCUT2D eigenvalue weighted by Crippen LogP contribution is 2.39. The standard InChI is InChI=1S/C18H25N5O3/c1-13-8-10-18(11-9-13,19-16(24)12-25-2)17-20-21-22-23(17)14-6-4-5-7-15(14)26-3/h4-7,13H,8-12H2,1-3H3,(H,19,24). The first kappa shape index (κ1) is 18.3. The van der Waals surface area contributed by atoms with Crippen LogP contribution >= 0.6 is 0 Å². The van der Waals surface area contributed by atoms with Crippen LogP contribution in [0, 0.1) is 5.92 Å². The van der Waals surface area contributed by atoms with E-state index in [4.69, 9.17) is 9.47 Å². The lowest BCUT2D eigenvalue weighted by Crippen LogP contribution is -2.50. The molecule has 1 saturated carbocycles. The van der Waals surface area contributed by atoms with Gasteiger partial charge in [-0.2, -0.15) is 4.68 Å². The number of carbonyl (C=O) groups excluding carboxylic acids is 1. The molecule has 0 bridgehead atoms. The van der Waals surface area contributed by atoms with Crippen LogP contribution in [0.1, 0.15) is 38.4 Å². The van der Waals surface area contributed by atoms with Crippen LogP contribution in [0.15, 0.2) is 24.3 Å².